The van der Waals surface area contributed by atoms with Gasteiger partial charge >= 0.3 is 5.97 Å². The van der Waals surface area contributed by atoms with Crippen LogP contribution in [0.3, 0.4) is 0 Å². The molecule has 1 aliphatic carbocycles. The Morgan fingerprint density at radius 3 is 2.67 bits per heavy atom. The van der Waals surface area contributed by atoms with Crippen LogP contribution in [0.1, 0.15) is 46.0 Å². The lowest BCUT2D eigenvalue weighted by Gasteiger charge is -2.20. The summed E-state index contributed by atoms with van der Waals surface area (Å²) >= 11 is 0. The molecule has 0 N–H and O–H groups in total. The van der Waals surface area contributed by atoms with E-state index in [1.807, 2.05) is 13.8 Å². The van der Waals surface area contributed by atoms with Gasteiger partial charge < -0.3 is 9.47 Å². The fourth-order valence-electron chi connectivity index (χ4n) is 2.65. The number of rotatable bonds is 3. The Balaban J connectivity index is 1.89. The van der Waals surface area contributed by atoms with Gasteiger partial charge in [-0.05, 0) is 32.6 Å². The molecule has 0 aromatic carbocycles. The van der Waals surface area contributed by atoms with E-state index in [0.29, 0.717) is 12.5 Å². The first-order valence-corrected chi connectivity index (χ1v) is 6.03. The van der Waals surface area contributed by atoms with Crippen LogP contribution in [0.4, 0.5) is 0 Å². The summed E-state index contributed by atoms with van der Waals surface area (Å²) in [4.78, 5) is 11.6. The number of hydrogen-bond acceptors (Lipinski definition) is 3. The molecule has 1 heterocycles. The van der Waals surface area contributed by atoms with Crippen LogP contribution in [0, 0.1) is 5.92 Å². The molecule has 0 amide bonds. The number of hydrogen-bond donors (Lipinski definition) is 0. The summed E-state index contributed by atoms with van der Waals surface area (Å²) in [5.74, 6) is 0.397. The molecular weight excluding hydrogens is 192 g/mol. The first-order chi connectivity index (χ1) is 7.18. The lowest BCUT2D eigenvalue weighted by atomic mass is 9.83. The minimum Gasteiger partial charge on any atom is -0.464 e. The second-order valence-corrected chi connectivity index (χ2v) is 4.76. The maximum atomic E-state index is 11.6. The minimum absolute atomic E-state index is 0.122. The summed E-state index contributed by atoms with van der Waals surface area (Å²) in [5.41, 5.74) is -0.627. The zero-order valence-corrected chi connectivity index (χ0v) is 9.62. The molecule has 1 aliphatic heterocycles. The van der Waals surface area contributed by atoms with E-state index in [4.69, 9.17) is 9.47 Å². The van der Waals surface area contributed by atoms with Crippen LogP contribution in [0.2, 0.25) is 0 Å². The molecule has 0 spiro atoms. The minimum atomic E-state index is -0.627. The summed E-state index contributed by atoms with van der Waals surface area (Å²) in [6, 6.07) is 0. The van der Waals surface area contributed by atoms with Crippen LogP contribution in [-0.4, -0.2) is 24.3 Å². The smallest absolute Gasteiger partial charge is 0.340 e. The van der Waals surface area contributed by atoms with Gasteiger partial charge in [-0.25, -0.2) is 4.79 Å². The maximum Gasteiger partial charge on any atom is 0.340 e. The molecule has 1 saturated heterocycles. The summed E-state index contributed by atoms with van der Waals surface area (Å²) in [5, 5.41) is 0. The monoisotopic (exact) mass is 212 g/mol. The molecule has 3 heteroatoms. The van der Waals surface area contributed by atoms with Crippen molar-refractivity contribution in [3.63, 3.8) is 0 Å². The SMILES string of the molecule is CCOC(=O)[C@]1(C)O[C@@H]1C1CCCCC1. The van der Waals surface area contributed by atoms with E-state index >= 15 is 0 Å². The third kappa shape index (κ3) is 2.03. The first kappa shape index (κ1) is 10.9. The highest BCUT2D eigenvalue weighted by Crippen LogP contribution is 2.46. The van der Waals surface area contributed by atoms with Crippen LogP contribution in [0.15, 0.2) is 0 Å². The van der Waals surface area contributed by atoms with Crippen molar-refractivity contribution in [2.75, 3.05) is 6.61 Å². The van der Waals surface area contributed by atoms with E-state index in [1.54, 1.807) is 0 Å². The molecule has 2 rings (SSSR count). The van der Waals surface area contributed by atoms with Gasteiger partial charge in [-0.2, -0.15) is 0 Å². The lowest BCUT2D eigenvalue weighted by Crippen LogP contribution is -2.29. The van der Waals surface area contributed by atoms with Crippen LogP contribution in [0.25, 0.3) is 0 Å². The Morgan fingerprint density at radius 2 is 2.07 bits per heavy atom. The Kier molecular flexibility index (Phi) is 3.01. The van der Waals surface area contributed by atoms with Gasteiger partial charge in [0.1, 0.15) is 6.10 Å². The first-order valence-electron chi connectivity index (χ1n) is 6.03. The third-order valence-corrected chi connectivity index (χ3v) is 3.62. The predicted molar refractivity (Wildman–Crippen MR) is 56.5 cm³/mol. The quantitative estimate of drug-likeness (QED) is 0.532. The van der Waals surface area contributed by atoms with Gasteiger partial charge in [0.05, 0.1) is 6.61 Å². The van der Waals surface area contributed by atoms with E-state index in [1.165, 1.54) is 32.1 Å². The number of carbonyl (C=O) groups excluding carboxylic acids is 1. The second kappa shape index (κ2) is 4.12. The van der Waals surface area contributed by atoms with Crippen molar-refractivity contribution in [1.29, 1.82) is 0 Å². The highest BCUT2D eigenvalue weighted by Gasteiger charge is 2.62. The molecule has 0 aromatic heterocycles. The highest BCUT2D eigenvalue weighted by molar-refractivity contribution is 5.82. The van der Waals surface area contributed by atoms with E-state index < -0.39 is 5.60 Å². The fraction of sp³-hybridized carbons (Fsp3) is 0.917. The predicted octanol–water partition coefficient (Wildman–Crippen LogP) is 2.29. The van der Waals surface area contributed by atoms with E-state index in [2.05, 4.69) is 0 Å². The van der Waals surface area contributed by atoms with Crippen LogP contribution in [0.5, 0.6) is 0 Å². The van der Waals surface area contributed by atoms with Crippen molar-refractivity contribution in [2.45, 2.75) is 57.7 Å². The average molecular weight is 212 g/mol. The molecule has 2 fully saturated rings. The van der Waals surface area contributed by atoms with Crippen molar-refractivity contribution < 1.29 is 14.3 Å². The summed E-state index contributed by atoms with van der Waals surface area (Å²) in [7, 11) is 0. The molecule has 0 unspecified atom stereocenters. The zero-order chi connectivity index (χ0) is 10.9. The van der Waals surface area contributed by atoms with Crippen molar-refractivity contribution in [2.24, 2.45) is 5.92 Å². The molecule has 3 nitrogen and oxygen atoms in total. The van der Waals surface area contributed by atoms with Gasteiger partial charge in [-0.1, -0.05) is 19.3 Å². The topological polar surface area (TPSA) is 38.8 Å². The van der Waals surface area contributed by atoms with E-state index in [0.717, 1.165) is 0 Å². The summed E-state index contributed by atoms with van der Waals surface area (Å²) in [6.45, 7) is 4.14. The molecule has 1 saturated carbocycles. The van der Waals surface area contributed by atoms with E-state index in [9.17, 15) is 4.79 Å². The normalized spacial score (nSPS) is 36.3. The largest absolute Gasteiger partial charge is 0.464 e. The molecular formula is C12H20O3. The van der Waals surface area contributed by atoms with Crippen LogP contribution >= 0.6 is 0 Å². The Labute approximate surface area is 91.1 Å². The van der Waals surface area contributed by atoms with Gasteiger partial charge in [0, 0.05) is 0 Å². The highest BCUT2D eigenvalue weighted by atomic mass is 16.7. The lowest BCUT2D eigenvalue weighted by molar-refractivity contribution is -0.148. The molecule has 2 atom stereocenters. The van der Waals surface area contributed by atoms with Crippen molar-refractivity contribution in [3.8, 4) is 0 Å². The molecule has 0 radical (unpaired) electrons. The molecule has 2 aliphatic rings. The number of esters is 1. The Morgan fingerprint density at radius 1 is 1.40 bits per heavy atom. The maximum absolute atomic E-state index is 11.6. The van der Waals surface area contributed by atoms with Crippen molar-refractivity contribution >= 4 is 5.97 Å². The molecule has 0 aromatic rings. The van der Waals surface area contributed by atoms with Gasteiger partial charge in [-0.15, -0.1) is 0 Å². The fourth-order valence-corrected chi connectivity index (χ4v) is 2.65. The second-order valence-electron chi connectivity index (χ2n) is 4.76. The van der Waals surface area contributed by atoms with Gasteiger partial charge in [0.2, 0.25) is 0 Å². The van der Waals surface area contributed by atoms with Crippen molar-refractivity contribution in [3.05, 3.63) is 0 Å². The molecule has 15 heavy (non-hydrogen) atoms. The van der Waals surface area contributed by atoms with Crippen LogP contribution < -0.4 is 0 Å². The van der Waals surface area contributed by atoms with Gasteiger partial charge in [-0.3, -0.25) is 0 Å². The summed E-state index contributed by atoms with van der Waals surface area (Å²) < 4.78 is 10.6. The zero-order valence-electron chi connectivity index (χ0n) is 9.62. The Hall–Kier alpha value is -0.570. The van der Waals surface area contributed by atoms with Gasteiger partial charge in [0.15, 0.2) is 5.60 Å². The third-order valence-electron chi connectivity index (χ3n) is 3.62. The van der Waals surface area contributed by atoms with Gasteiger partial charge in [0.25, 0.3) is 0 Å². The summed E-state index contributed by atoms with van der Waals surface area (Å²) in [6.07, 6.45) is 6.43. The Bertz CT molecular complexity index is 245. The number of ether oxygens (including phenoxy) is 2. The number of epoxide rings is 1. The van der Waals surface area contributed by atoms with Crippen molar-refractivity contribution in [1.82, 2.24) is 0 Å². The van der Waals surface area contributed by atoms with Crippen LogP contribution in [-0.2, 0) is 14.3 Å². The van der Waals surface area contributed by atoms with E-state index in [-0.39, 0.29) is 12.1 Å². The number of carbonyl (C=O) groups is 1. The average Bonchev–Trinajstić information content (AvgIpc) is 2.94. The molecule has 0 bridgehead atoms. The standard InChI is InChI=1S/C12H20O3/c1-3-14-11(13)12(2)10(15-12)9-7-5-4-6-8-9/h9-10H,3-8H2,1-2H3/t10-,12-/m1/s1. The molecule has 86 valence electrons.